The maximum Gasteiger partial charge on any atom is 0.190 e. The van der Waals surface area contributed by atoms with Crippen LogP contribution in [0.3, 0.4) is 0 Å². The molecule has 2 N–H and O–H groups in total. The van der Waals surface area contributed by atoms with Gasteiger partial charge in [-0.25, -0.2) is 0 Å². The van der Waals surface area contributed by atoms with Crippen LogP contribution in [0.5, 0.6) is 5.75 Å². The fourth-order valence-electron chi connectivity index (χ4n) is 2.19. The Morgan fingerprint density at radius 2 is 1.71 bits per heavy atom. The van der Waals surface area contributed by atoms with Gasteiger partial charge in [-0.2, -0.15) is 0 Å². The highest BCUT2D eigenvalue weighted by Crippen LogP contribution is 2.28. The molecule has 1 unspecified atom stereocenters. The molecule has 2 aromatic rings. The van der Waals surface area contributed by atoms with Gasteiger partial charge in [0.2, 0.25) is 0 Å². The lowest BCUT2D eigenvalue weighted by Crippen LogP contribution is -2.42. The van der Waals surface area contributed by atoms with Crippen LogP contribution in [0.1, 0.15) is 36.2 Å². The van der Waals surface area contributed by atoms with Crippen LogP contribution < -0.4 is 10.5 Å². The average molecular weight is 283 g/mol. The van der Waals surface area contributed by atoms with Crippen molar-refractivity contribution in [3.63, 3.8) is 0 Å². The predicted molar refractivity (Wildman–Crippen MR) is 84.5 cm³/mol. The number of carbonyl (C=O) groups is 1. The fraction of sp³-hybridized carbons (Fsp3) is 0.278. The average Bonchev–Trinajstić information content (AvgIpc) is 2.53. The van der Waals surface area contributed by atoms with Gasteiger partial charge in [0.25, 0.3) is 0 Å². The van der Waals surface area contributed by atoms with Crippen molar-refractivity contribution in [1.82, 2.24) is 0 Å². The molecule has 1 atom stereocenters. The van der Waals surface area contributed by atoms with Gasteiger partial charge in [0.15, 0.2) is 5.78 Å². The fourth-order valence-corrected chi connectivity index (χ4v) is 2.19. The Morgan fingerprint density at radius 1 is 1.10 bits per heavy atom. The second-order valence-electron chi connectivity index (χ2n) is 5.24. The van der Waals surface area contributed by atoms with Crippen LogP contribution in [0.4, 0.5) is 0 Å². The molecule has 110 valence electrons. The van der Waals surface area contributed by atoms with Gasteiger partial charge in [0.05, 0.1) is 12.2 Å². The van der Waals surface area contributed by atoms with E-state index in [-0.39, 0.29) is 5.78 Å². The predicted octanol–water partition coefficient (Wildman–Crippen LogP) is 3.53. The van der Waals surface area contributed by atoms with Crippen LogP contribution in [0.15, 0.2) is 54.6 Å². The molecule has 0 aliphatic heterocycles. The largest absolute Gasteiger partial charge is 0.493 e. The molecule has 0 aliphatic carbocycles. The zero-order chi connectivity index (χ0) is 15.3. The van der Waals surface area contributed by atoms with Crippen molar-refractivity contribution in [1.29, 1.82) is 0 Å². The highest BCUT2D eigenvalue weighted by molar-refractivity contribution is 6.05. The molecule has 0 radical (unpaired) electrons. The molecule has 0 fully saturated rings. The van der Waals surface area contributed by atoms with E-state index in [4.69, 9.17) is 10.5 Å². The number of carbonyl (C=O) groups excluding carboxylic acids is 1. The Labute approximate surface area is 125 Å². The number of ketones is 1. The molecule has 21 heavy (non-hydrogen) atoms. The Morgan fingerprint density at radius 3 is 2.38 bits per heavy atom. The number of hydrogen-bond acceptors (Lipinski definition) is 3. The topological polar surface area (TPSA) is 52.3 Å². The summed E-state index contributed by atoms with van der Waals surface area (Å²) in [6.45, 7) is 4.35. The molecule has 0 amide bonds. The van der Waals surface area contributed by atoms with Crippen molar-refractivity contribution in [2.75, 3.05) is 6.61 Å². The van der Waals surface area contributed by atoms with E-state index in [2.05, 4.69) is 0 Å². The molecule has 2 aromatic carbocycles. The monoisotopic (exact) mass is 283 g/mol. The summed E-state index contributed by atoms with van der Waals surface area (Å²) in [6.07, 6.45) is 0.890. The number of para-hydroxylation sites is 1. The molecule has 0 bridgehead atoms. The molecule has 0 spiro atoms. The summed E-state index contributed by atoms with van der Waals surface area (Å²) in [4.78, 5) is 12.8. The van der Waals surface area contributed by atoms with E-state index in [0.717, 1.165) is 12.0 Å². The first-order chi connectivity index (χ1) is 10.1. The molecule has 0 aliphatic rings. The van der Waals surface area contributed by atoms with Gasteiger partial charge in [0, 0.05) is 0 Å². The third-order valence-electron chi connectivity index (χ3n) is 3.44. The Kier molecular flexibility index (Phi) is 4.76. The summed E-state index contributed by atoms with van der Waals surface area (Å²) < 4.78 is 5.66. The minimum Gasteiger partial charge on any atom is -0.493 e. The van der Waals surface area contributed by atoms with Crippen LogP contribution >= 0.6 is 0 Å². The lowest BCUT2D eigenvalue weighted by molar-refractivity contribution is 0.0895. The van der Waals surface area contributed by atoms with Crippen LogP contribution in [0.2, 0.25) is 0 Å². The van der Waals surface area contributed by atoms with Gasteiger partial charge in [-0.3, -0.25) is 4.79 Å². The maximum absolute atomic E-state index is 12.8. The zero-order valence-corrected chi connectivity index (χ0v) is 12.5. The molecule has 0 heterocycles. The van der Waals surface area contributed by atoms with E-state index in [9.17, 15) is 4.79 Å². The van der Waals surface area contributed by atoms with Crippen molar-refractivity contribution in [2.24, 2.45) is 5.73 Å². The third-order valence-corrected chi connectivity index (χ3v) is 3.44. The molecule has 3 heteroatoms. The molecule has 0 saturated heterocycles. The normalized spacial score (nSPS) is 13.5. The van der Waals surface area contributed by atoms with Gasteiger partial charge in [-0.05, 0) is 31.0 Å². The lowest BCUT2D eigenvalue weighted by Gasteiger charge is -2.24. The van der Waals surface area contributed by atoms with Crippen molar-refractivity contribution >= 4 is 5.78 Å². The van der Waals surface area contributed by atoms with Crippen LogP contribution in [0.25, 0.3) is 0 Å². The van der Waals surface area contributed by atoms with E-state index in [1.807, 2.05) is 55.5 Å². The second kappa shape index (κ2) is 6.55. The summed E-state index contributed by atoms with van der Waals surface area (Å²) in [7, 11) is 0. The number of ether oxygens (including phenoxy) is 1. The van der Waals surface area contributed by atoms with Crippen molar-refractivity contribution in [3.05, 3.63) is 65.7 Å². The zero-order valence-electron chi connectivity index (χ0n) is 12.5. The van der Waals surface area contributed by atoms with Crippen molar-refractivity contribution in [2.45, 2.75) is 25.8 Å². The standard InChI is InChI=1S/C18H21NO2/c1-3-13-21-16-12-8-7-11-15(16)17(20)18(2,19)14-9-5-4-6-10-14/h4-12H,3,13,19H2,1-2H3. The van der Waals surface area contributed by atoms with E-state index in [1.54, 1.807) is 13.0 Å². The second-order valence-corrected chi connectivity index (χ2v) is 5.24. The third kappa shape index (κ3) is 3.31. The van der Waals surface area contributed by atoms with E-state index in [0.29, 0.717) is 17.9 Å². The maximum atomic E-state index is 12.8. The Bertz CT molecular complexity index is 606. The summed E-state index contributed by atoms with van der Waals surface area (Å²) in [5, 5.41) is 0. The highest BCUT2D eigenvalue weighted by atomic mass is 16.5. The number of Topliss-reactive ketones (excluding diaryl/α,β-unsaturated/α-hetero) is 1. The van der Waals surface area contributed by atoms with Gasteiger partial charge >= 0.3 is 0 Å². The first-order valence-electron chi connectivity index (χ1n) is 7.18. The first-order valence-corrected chi connectivity index (χ1v) is 7.18. The van der Waals surface area contributed by atoms with Gasteiger partial charge < -0.3 is 10.5 Å². The minimum atomic E-state index is -1.08. The Hall–Kier alpha value is -2.13. The van der Waals surface area contributed by atoms with Gasteiger partial charge in [-0.1, -0.05) is 49.4 Å². The smallest absolute Gasteiger partial charge is 0.190 e. The highest BCUT2D eigenvalue weighted by Gasteiger charge is 2.32. The first kappa shape index (κ1) is 15.3. The molecule has 3 nitrogen and oxygen atoms in total. The van der Waals surface area contributed by atoms with Crippen molar-refractivity contribution in [3.8, 4) is 5.75 Å². The number of hydrogen-bond donors (Lipinski definition) is 1. The van der Waals surface area contributed by atoms with E-state index in [1.165, 1.54) is 0 Å². The summed E-state index contributed by atoms with van der Waals surface area (Å²) in [5.41, 5.74) is 6.55. The number of benzene rings is 2. The van der Waals surface area contributed by atoms with Crippen LogP contribution in [-0.2, 0) is 5.54 Å². The van der Waals surface area contributed by atoms with Crippen LogP contribution in [0, 0.1) is 0 Å². The number of rotatable bonds is 6. The molecule has 2 rings (SSSR count). The molecule has 0 aromatic heterocycles. The lowest BCUT2D eigenvalue weighted by atomic mass is 9.85. The van der Waals surface area contributed by atoms with Gasteiger partial charge in [0.1, 0.15) is 11.3 Å². The summed E-state index contributed by atoms with van der Waals surface area (Å²) >= 11 is 0. The molecular formula is C18H21NO2. The van der Waals surface area contributed by atoms with E-state index >= 15 is 0 Å². The number of nitrogens with two attached hydrogens (primary N) is 1. The van der Waals surface area contributed by atoms with Crippen LogP contribution in [-0.4, -0.2) is 12.4 Å². The summed E-state index contributed by atoms with van der Waals surface area (Å²) in [6, 6.07) is 16.7. The van der Waals surface area contributed by atoms with Gasteiger partial charge in [-0.15, -0.1) is 0 Å². The summed E-state index contributed by atoms with van der Waals surface area (Å²) in [5.74, 6) is 0.456. The van der Waals surface area contributed by atoms with E-state index < -0.39 is 5.54 Å². The SMILES string of the molecule is CCCOc1ccccc1C(=O)C(C)(N)c1ccccc1. The van der Waals surface area contributed by atoms with Crippen molar-refractivity contribution < 1.29 is 9.53 Å². The quantitative estimate of drug-likeness (QED) is 0.825. The minimum absolute atomic E-state index is 0.139. The Balaban J connectivity index is 2.35. The molecule has 0 saturated carbocycles. The molecular weight excluding hydrogens is 262 g/mol.